The maximum absolute atomic E-state index is 12.5. The summed E-state index contributed by atoms with van der Waals surface area (Å²) in [6, 6.07) is 11.9. The first kappa shape index (κ1) is 26.8. The van der Waals surface area contributed by atoms with Crippen molar-refractivity contribution in [2.45, 2.75) is 33.4 Å². The Kier molecular flexibility index (Phi) is 10.3. The van der Waals surface area contributed by atoms with E-state index in [2.05, 4.69) is 27.3 Å². The van der Waals surface area contributed by atoms with E-state index in [0.717, 1.165) is 48.1 Å². The number of nitrogens with zero attached hydrogens (tertiary/aromatic N) is 3. The monoisotopic (exact) mass is 566 g/mol. The molecule has 1 N–H and O–H groups in total. The molecule has 8 heteroatoms. The number of nitrogens with one attached hydrogen (secondary N) is 1. The third-order valence-electron chi connectivity index (χ3n) is 5.93. The summed E-state index contributed by atoms with van der Waals surface area (Å²) in [5.41, 5.74) is 4.32. The predicted molar refractivity (Wildman–Crippen MR) is 143 cm³/mol. The molecule has 0 fully saturated rings. The number of carbonyl (C=O) groups is 1. The van der Waals surface area contributed by atoms with E-state index < -0.39 is 0 Å². The number of rotatable bonds is 7. The van der Waals surface area contributed by atoms with Gasteiger partial charge in [-0.15, -0.1) is 24.0 Å². The van der Waals surface area contributed by atoms with E-state index >= 15 is 0 Å². The molecular formula is C25H35IN4O3. The molecule has 2 aromatic rings. The summed E-state index contributed by atoms with van der Waals surface area (Å²) < 4.78 is 10.9. The zero-order valence-corrected chi connectivity index (χ0v) is 22.5. The lowest BCUT2D eigenvalue weighted by Gasteiger charge is -2.32. The molecule has 0 saturated carbocycles. The molecule has 0 atom stereocenters. The molecule has 0 aromatic heterocycles. The van der Waals surface area contributed by atoms with E-state index in [1.165, 1.54) is 11.1 Å². The van der Waals surface area contributed by atoms with Gasteiger partial charge in [-0.3, -0.25) is 9.79 Å². The largest absolute Gasteiger partial charge is 0.493 e. The van der Waals surface area contributed by atoms with Gasteiger partial charge >= 0.3 is 0 Å². The van der Waals surface area contributed by atoms with Gasteiger partial charge in [0.1, 0.15) is 0 Å². The van der Waals surface area contributed by atoms with E-state index in [1.54, 1.807) is 21.3 Å². The van der Waals surface area contributed by atoms with Crippen LogP contribution in [0.1, 0.15) is 40.9 Å². The van der Waals surface area contributed by atoms with Gasteiger partial charge in [-0.25, -0.2) is 0 Å². The molecule has 180 valence electrons. The quantitative estimate of drug-likeness (QED) is 0.313. The van der Waals surface area contributed by atoms with Crippen LogP contribution >= 0.6 is 24.0 Å². The molecule has 0 aliphatic carbocycles. The van der Waals surface area contributed by atoms with E-state index in [0.29, 0.717) is 19.6 Å². The summed E-state index contributed by atoms with van der Waals surface area (Å²) in [6.07, 6.45) is 0.915. The Bertz CT molecular complexity index is 959. The van der Waals surface area contributed by atoms with Crippen LogP contribution in [0.3, 0.4) is 0 Å². The van der Waals surface area contributed by atoms with Crippen molar-refractivity contribution in [1.29, 1.82) is 0 Å². The number of methoxy groups -OCH3 is 2. The number of ether oxygens (including phenoxy) is 2. The number of hydrogen-bond donors (Lipinski definition) is 1. The molecule has 0 bridgehead atoms. The normalized spacial score (nSPS) is 13.0. The van der Waals surface area contributed by atoms with Crippen molar-refractivity contribution >= 4 is 35.8 Å². The lowest BCUT2D eigenvalue weighted by Crippen LogP contribution is -2.43. The van der Waals surface area contributed by atoms with E-state index in [9.17, 15) is 4.79 Å². The Morgan fingerprint density at radius 3 is 2.21 bits per heavy atom. The Morgan fingerprint density at radius 1 is 1.06 bits per heavy atom. The first-order valence-electron chi connectivity index (χ1n) is 11.1. The minimum Gasteiger partial charge on any atom is -0.493 e. The maximum atomic E-state index is 12.5. The summed E-state index contributed by atoms with van der Waals surface area (Å²) in [7, 11) is 5.13. The van der Waals surface area contributed by atoms with Crippen LogP contribution in [0.5, 0.6) is 11.5 Å². The second-order valence-corrected chi connectivity index (χ2v) is 7.72. The number of guanidine groups is 1. The molecule has 7 nitrogen and oxygen atoms in total. The lowest BCUT2D eigenvalue weighted by molar-refractivity contribution is 0.0773. The van der Waals surface area contributed by atoms with E-state index in [-0.39, 0.29) is 29.9 Å². The Hall–Kier alpha value is -2.49. The SMILES string of the molecule is CCN(CC)C(=O)c1ccc(CNC(=NC)N2CCc3cc(OC)c(OC)cc3C2)cc1.I. The molecule has 1 aliphatic heterocycles. The highest BCUT2D eigenvalue weighted by Crippen LogP contribution is 2.33. The third-order valence-corrected chi connectivity index (χ3v) is 5.93. The van der Waals surface area contributed by atoms with Crippen LogP contribution < -0.4 is 14.8 Å². The number of carbonyl (C=O) groups excluding carboxylic acids is 1. The Labute approximate surface area is 214 Å². The van der Waals surface area contributed by atoms with Crippen LogP contribution in [0.25, 0.3) is 0 Å². The number of halogens is 1. The number of hydrogen-bond acceptors (Lipinski definition) is 4. The van der Waals surface area contributed by atoms with Gasteiger partial charge in [0, 0.05) is 45.3 Å². The minimum absolute atomic E-state index is 0. The molecular weight excluding hydrogens is 531 g/mol. The van der Waals surface area contributed by atoms with Crippen molar-refractivity contribution in [3.8, 4) is 11.5 Å². The first-order chi connectivity index (χ1) is 15.5. The smallest absolute Gasteiger partial charge is 0.253 e. The summed E-state index contributed by atoms with van der Waals surface area (Å²) >= 11 is 0. The molecule has 0 spiro atoms. The van der Waals surface area contributed by atoms with Crippen LogP contribution in [-0.4, -0.2) is 62.6 Å². The second-order valence-electron chi connectivity index (χ2n) is 7.72. The lowest BCUT2D eigenvalue weighted by atomic mass is 9.99. The standard InChI is InChI=1S/C25H34N4O3.HI/c1-6-28(7-2)24(30)19-10-8-18(9-11-19)16-27-25(26-3)29-13-12-20-14-22(31-4)23(32-5)15-21(20)17-29;/h8-11,14-15H,6-7,12-13,16-17H2,1-5H3,(H,26,27);1H. The summed E-state index contributed by atoms with van der Waals surface area (Å²) in [5, 5.41) is 3.46. The molecule has 0 unspecified atom stereocenters. The fourth-order valence-corrected chi connectivity index (χ4v) is 4.04. The van der Waals surface area contributed by atoms with E-state index in [1.807, 2.05) is 43.0 Å². The highest BCUT2D eigenvalue weighted by molar-refractivity contribution is 14.0. The topological polar surface area (TPSA) is 66.4 Å². The molecule has 3 rings (SSSR count). The molecule has 33 heavy (non-hydrogen) atoms. The fourth-order valence-electron chi connectivity index (χ4n) is 4.04. The average molecular weight is 566 g/mol. The number of aliphatic imine (C=N–C) groups is 1. The molecule has 0 saturated heterocycles. The van der Waals surface area contributed by atoms with Gasteiger partial charge in [-0.1, -0.05) is 12.1 Å². The van der Waals surface area contributed by atoms with Crippen molar-refractivity contribution in [2.24, 2.45) is 4.99 Å². The van der Waals surface area contributed by atoms with Gasteiger partial charge in [-0.2, -0.15) is 0 Å². The molecule has 1 heterocycles. The van der Waals surface area contributed by atoms with Crippen LogP contribution in [0, 0.1) is 0 Å². The van der Waals surface area contributed by atoms with Gasteiger partial charge in [0.2, 0.25) is 0 Å². The van der Waals surface area contributed by atoms with Gasteiger partial charge in [0.15, 0.2) is 17.5 Å². The van der Waals surface area contributed by atoms with Gasteiger partial charge in [0.05, 0.1) is 14.2 Å². The van der Waals surface area contributed by atoms with Crippen molar-refractivity contribution in [3.63, 3.8) is 0 Å². The maximum Gasteiger partial charge on any atom is 0.253 e. The molecule has 0 radical (unpaired) electrons. The van der Waals surface area contributed by atoms with Crippen molar-refractivity contribution < 1.29 is 14.3 Å². The van der Waals surface area contributed by atoms with Gasteiger partial charge in [-0.05, 0) is 61.2 Å². The number of amides is 1. The predicted octanol–water partition coefficient (Wildman–Crippen LogP) is 3.94. The first-order valence-corrected chi connectivity index (χ1v) is 11.1. The zero-order valence-electron chi connectivity index (χ0n) is 20.2. The van der Waals surface area contributed by atoms with Gasteiger partial charge in [0.25, 0.3) is 5.91 Å². The highest BCUT2D eigenvalue weighted by Gasteiger charge is 2.21. The fraction of sp³-hybridized carbons (Fsp3) is 0.440. The second kappa shape index (κ2) is 12.7. The van der Waals surface area contributed by atoms with Crippen LogP contribution in [0.4, 0.5) is 0 Å². The average Bonchev–Trinajstić information content (AvgIpc) is 2.84. The van der Waals surface area contributed by atoms with Crippen LogP contribution in [0.2, 0.25) is 0 Å². The van der Waals surface area contributed by atoms with Crippen LogP contribution in [-0.2, 0) is 19.5 Å². The molecule has 1 aliphatic rings. The van der Waals surface area contributed by atoms with Crippen LogP contribution in [0.15, 0.2) is 41.4 Å². The summed E-state index contributed by atoms with van der Waals surface area (Å²) in [6.45, 7) is 7.70. The van der Waals surface area contributed by atoms with E-state index in [4.69, 9.17) is 9.47 Å². The number of benzene rings is 2. The number of fused-ring (bicyclic) bond motifs is 1. The third kappa shape index (κ3) is 6.31. The minimum atomic E-state index is 0. The van der Waals surface area contributed by atoms with Gasteiger partial charge < -0.3 is 24.6 Å². The van der Waals surface area contributed by atoms with Crippen molar-refractivity contribution in [3.05, 3.63) is 58.7 Å². The zero-order chi connectivity index (χ0) is 23.1. The molecule has 1 amide bonds. The van der Waals surface area contributed by atoms with Crippen molar-refractivity contribution in [1.82, 2.24) is 15.1 Å². The Morgan fingerprint density at radius 2 is 1.67 bits per heavy atom. The summed E-state index contributed by atoms with van der Waals surface area (Å²) in [5.74, 6) is 2.44. The highest BCUT2D eigenvalue weighted by atomic mass is 127. The van der Waals surface area contributed by atoms with Crippen molar-refractivity contribution in [2.75, 3.05) is 40.9 Å². The molecule has 2 aromatic carbocycles. The summed E-state index contributed by atoms with van der Waals surface area (Å²) in [4.78, 5) is 21.0. The Balaban J connectivity index is 0.00000385.